The maximum atomic E-state index is 12.9. The molecule has 122 valence electrons. The van der Waals surface area contributed by atoms with Crippen molar-refractivity contribution in [3.63, 3.8) is 0 Å². The van der Waals surface area contributed by atoms with Crippen LogP contribution in [0.1, 0.15) is 21.8 Å². The summed E-state index contributed by atoms with van der Waals surface area (Å²) in [5.41, 5.74) is 1.60. The first kappa shape index (κ1) is 16.8. The van der Waals surface area contributed by atoms with Crippen molar-refractivity contribution >= 4 is 55.2 Å². The molecule has 24 heavy (non-hydrogen) atoms. The Hall–Kier alpha value is -2.06. The van der Waals surface area contributed by atoms with Crippen LogP contribution in [-0.2, 0) is 0 Å². The number of ketones is 1. The number of aliphatic imine (C=N–C) groups is 1. The van der Waals surface area contributed by atoms with Gasteiger partial charge in [0.25, 0.3) is 5.69 Å². The maximum absolute atomic E-state index is 12.9. The van der Waals surface area contributed by atoms with E-state index in [1.54, 1.807) is 24.4 Å². The topological polar surface area (TPSA) is 81.8 Å². The summed E-state index contributed by atoms with van der Waals surface area (Å²) in [5, 5.41) is 10.8. The number of carbonyl (C=O) groups excluding carboxylic acids is 1. The van der Waals surface area contributed by atoms with Crippen LogP contribution in [0.25, 0.3) is 0 Å². The lowest BCUT2D eigenvalue weighted by Gasteiger charge is -2.20. The van der Waals surface area contributed by atoms with Gasteiger partial charge >= 0.3 is 0 Å². The highest BCUT2D eigenvalue weighted by molar-refractivity contribution is 9.11. The van der Waals surface area contributed by atoms with E-state index in [1.807, 2.05) is 0 Å². The molecule has 1 atom stereocenters. The second-order valence-corrected chi connectivity index (χ2v) is 6.72. The van der Waals surface area contributed by atoms with E-state index in [0.717, 1.165) is 0 Å². The Kier molecular flexibility index (Phi) is 4.51. The molecular weight excluding hydrogens is 444 g/mol. The Bertz CT molecular complexity index is 879. The van der Waals surface area contributed by atoms with Crippen LogP contribution in [0.15, 0.2) is 44.3 Å². The Morgan fingerprint density at radius 3 is 2.50 bits per heavy atom. The predicted octanol–water partition coefficient (Wildman–Crippen LogP) is 4.81. The predicted molar refractivity (Wildman–Crippen MR) is 96.7 cm³/mol. The SMILES string of the molecule is COc1c(Br)cc2c(c1Br)C(=O)C(c1ccc([N+](=O)[O-])cc1)C=N2. The second-order valence-electron chi connectivity index (χ2n) is 5.07. The molecular formula is C16H10Br2N2O4. The van der Waals surface area contributed by atoms with Crippen LogP contribution in [0.4, 0.5) is 11.4 Å². The van der Waals surface area contributed by atoms with Crippen molar-refractivity contribution in [1.29, 1.82) is 0 Å². The second kappa shape index (κ2) is 6.45. The van der Waals surface area contributed by atoms with Crippen LogP contribution in [0.2, 0.25) is 0 Å². The van der Waals surface area contributed by atoms with Crippen LogP contribution < -0.4 is 4.74 Å². The Labute approximate surface area is 154 Å². The summed E-state index contributed by atoms with van der Waals surface area (Å²) in [7, 11) is 1.52. The average molecular weight is 454 g/mol. The summed E-state index contributed by atoms with van der Waals surface area (Å²) in [6, 6.07) is 7.62. The molecule has 0 amide bonds. The van der Waals surface area contributed by atoms with E-state index < -0.39 is 10.8 Å². The van der Waals surface area contributed by atoms with Crippen molar-refractivity contribution in [2.24, 2.45) is 4.99 Å². The molecule has 2 aromatic rings. The van der Waals surface area contributed by atoms with Gasteiger partial charge in [-0.15, -0.1) is 0 Å². The lowest BCUT2D eigenvalue weighted by molar-refractivity contribution is -0.384. The van der Waals surface area contributed by atoms with Gasteiger partial charge in [-0.1, -0.05) is 12.1 Å². The van der Waals surface area contributed by atoms with Gasteiger partial charge in [0.2, 0.25) is 0 Å². The number of methoxy groups -OCH3 is 1. The maximum Gasteiger partial charge on any atom is 0.269 e. The van der Waals surface area contributed by atoms with Gasteiger partial charge in [0.1, 0.15) is 5.75 Å². The lowest BCUT2D eigenvalue weighted by atomic mass is 9.88. The van der Waals surface area contributed by atoms with Gasteiger partial charge < -0.3 is 4.74 Å². The van der Waals surface area contributed by atoms with Crippen molar-refractivity contribution < 1.29 is 14.5 Å². The third-order valence-corrected chi connectivity index (χ3v) is 5.06. The zero-order valence-electron chi connectivity index (χ0n) is 12.3. The number of hydrogen-bond donors (Lipinski definition) is 0. The number of nitro groups is 1. The van der Waals surface area contributed by atoms with Crippen molar-refractivity contribution in [2.45, 2.75) is 5.92 Å². The Morgan fingerprint density at radius 2 is 1.92 bits per heavy atom. The van der Waals surface area contributed by atoms with Gasteiger partial charge in [0.15, 0.2) is 5.78 Å². The molecule has 0 bridgehead atoms. The summed E-state index contributed by atoms with van der Waals surface area (Å²) < 4.78 is 6.52. The summed E-state index contributed by atoms with van der Waals surface area (Å²) in [6.07, 6.45) is 1.55. The van der Waals surface area contributed by atoms with Gasteiger partial charge in [0.05, 0.1) is 38.1 Å². The lowest BCUT2D eigenvalue weighted by Crippen LogP contribution is -2.18. The molecule has 0 aliphatic carbocycles. The van der Waals surface area contributed by atoms with Gasteiger partial charge in [0, 0.05) is 18.3 Å². The molecule has 1 heterocycles. The molecule has 0 spiro atoms. The minimum absolute atomic E-state index is 0.0221. The van der Waals surface area contributed by atoms with E-state index in [1.165, 1.54) is 19.2 Å². The Balaban J connectivity index is 2.05. The van der Waals surface area contributed by atoms with Crippen molar-refractivity contribution in [3.8, 4) is 5.75 Å². The van der Waals surface area contributed by atoms with Crippen molar-refractivity contribution in [1.82, 2.24) is 0 Å². The third kappa shape index (κ3) is 2.76. The molecule has 1 unspecified atom stereocenters. The molecule has 0 saturated carbocycles. The van der Waals surface area contributed by atoms with Crippen LogP contribution in [0.5, 0.6) is 5.75 Å². The number of halogens is 2. The normalized spacial score (nSPS) is 16.0. The van der Waals surface area contributed by atoms with E-state index in [0.29, 0.717) is 31.5 Å². The molecule has 2 aromatic carbocycles. The number of ether oxygens (including phenoxy) is 1. The number of hydrogen-bond acceptors (Lipinski definition) is 5. The fraction of sp³-hybridized carbons (Fsp3) is 0.125. The van der Waals surface area contributed by atoms with Crippen LogP contribution in [0.3, 0.4) is 0 Å². The van der Waals surface area contributed by atoms with E-state index in [4.69, 9.17) is 4.74 Å². The van der Waals surface area contributed by atoms with Crippen molar-refractivity contribution in [2.75, 3.05) is 7.11 Å². The smallest absolute Gasteiger partial charge is 0.269 e. The third-order valence-electron chi connectivity index (χ3n) is 3.71. The summed E-state index contributed by atoms with van der Waals surface area (Å²) in [5.74, 6) is -0.228. The number of fused-ring (bicyclic) bond motifs is 1. The number of non-ortho nitro benzene ring substituents is 1. The first-order valence-corrected chi connectivity index (χ1v) is 8.41. The quantitative estimate of drug-likeness (QED) is 0.493. The number of benzene rings is 2. The van der Waals surface area contributed by atoms with Crippen molar-refractivity contribution in [3.05, 3.63) is 60.5 Å². The molecule has 1 aliphatic rings. The van der Waals surface area contributed by atoms with Gasteiger partial charge in [-0.25, -0.2) is 0 Å². The fourth-order valence-corrected chi connectivity index (χ4v) is 4.15. The first-order chi connectivity index (χ1) is 11.4. The zero-order chi connectivity index (χ0) is 17.4. The average Bonchev–Trinajstić information content (AvgIpc) is 2.55. The minimum atomic E-state index is -0.597. The monoisotopic (exact) mass is 452 g/mol. The molecule has 8 heteroatoms. The molecule has 0 aromatic heterocycles. The number of Topliss-reactive ketones (excluding diaryl/α,β-unsaturated/α-hetero) is 1. The standard InChI is InChI=1S/C16H10Br2N2O4/c1-24-16-11(17)6-12-13(14(16)18)15(21)10(7-19-12)8-2-4-9(5-3-8)20(22)23/h2-7,10H,1H3. The largest absolute Gasteiger partial charge is 0.494 e. The van der Waals surface area contributed by atoms with E-state index in [2.05, 4.69) is 36.9 Å². The molecule has 0 fully saturated rings. The zero-order valence-corrected chi connectivity index (χ0v) is 15.5. The number of rotatable bonds is 3. The van der Waals surface area contributed by atoms with Crippen LogP contribution in [-0.4, -0.2) is 24.0 Å². The molecule has 1 aliphatic heterocycles. The summed E-state index contributed by atoms with van der Waals surface area (Å²) in [4.78, 5) is 27.5. The van der Waals surface area contributed by atoms with Gasteiger partial charge in [-0.3, -0.25) is 19.9 Å². The number of nitrogens with zero attached hydrogens (tertiary/aromatic N) is 2. The summed E-state index contributed by atoms with van der Waals surface area (Å²) >= 11 is 6.79. The molecule has 0 N–H and O–H groups in total. The highest BCUT2D eigenvalue weighted by atomic mass is 79.9. The fourth-order valence-electron chi connectivity index (χ4n) is 2.53. The minimum Gasteiger partial charge on any atom is -0.494 e. The van der Waals surface area contributed by atoms with Crippen LogP contribution in [0, 0.1) is 10.1 Å². The first-order valence-electron chi connectivity index (χ1n) is 6.82. The molecule has 3 rings (SSSR count). The highest BCUT2D eigenvalue weighted by Crippen LogP contribution is 2.44. The number of carbonyl (C=O) groups is 1. The van der Waals surface area contributed by atoms with Crippen LogP contribution >= 0.6 is 31.9 Å². The highest BCUT2D eigenvalue weighted by Gasteiger charge is 2.31. The molecule has 6 nitrogen and oxygen atoms in total. The molecule has 0 radical (unpaired) electrons. The number of nitro benzene ring substituents is 1. The van der Waals surface area contributed by atoms with E-state index in [9.17, 15) is 14.9 Å². The van der Waals surface area contributed by atoms with E-state index in [-0.39, 0.29) is 11.5 Å². The summed E-state index contributed by atoms with van der Waals surface area (Å²) in [6.45, 7) is 0. The van der Waals surface area contributed by atoms with Gasteiger partial charge in [-0.2, -0.15) is 0 Å². The van der Waals surface area contributed by atoms with E-state index >= 15 is 0 Å². The molecule has 0 saturated heterocycles. The van der Waals surface area contributed by atoms with Gasteiger partial charge in [-0.05, 0) is 43.5 Å². The Morgan fingerprint density at radius 1 is 1.25 bits per heavy atom.